The fourth-order valence-corrected chi connectivity index (χ4v) is 4.11. The van der Waals surface area contributed by atoms with Crippen molar-refractivity contribution in [2.24, 2.45) is 0 Å². The van der Waals surface area contributed by atoms with Gasteiger partial charge < -0.3 is 9.47 Å². The van der Waals surface area contributed by atoms with Crippen LogP contribution in [-0.4, -0.2) is 24.7 Å². The Morgan fingerprint density at radius 3 is 1.66 bits per heavy atom. The number of carbonyl (C=O) groups is 1. The fraction of sp³-hybridized carbons (Fsp3) is 0.960. The van der Waals surface area contributed by atoms with Gasteiger partial charge in [0.15, 0.2) is 0 Å². The molecule has 29 heavy (non-hydrogen) atoms. The molecule has 0 saturated carbocycles. The van der Waals surface area contributed by atoms with E-state index in [2.05, 4.69) is 13.8 Å². The van der Waals surface area contributed by atoms with Crippen molar-refractivity contribution in [1.29, 1.82) is 0 Å². The second-order valence-corrected chi connectivity index (χ2v) is 8.94. The van der Waals surface area contributed by atoms with E-state index in [1.54, 1.807) is 0 Å². The largest absolute Gasteiger partial charge is 0.469 e. The Morgan fingerprint density at radius 2 is 1.17 bits per heavy atom. The first kappa shape index (κ1) is 28.7. The third-order valence-corrected chi connectivity index (χ3v) is 5.94. The van der Waals surface area contributed by atoms with Gasteiger partial charge in [0.1, 0.15) is 5.56 Å². The van der Waals surface area contributed by atoms with E-state index < -0.39 is 0 Å². The van der Waals surface area contributed by atoms with Crippen LogP contribution >= 0.6 is 11.6 Å². The summed E-state index contributed by atoms with van der Waals surface area (Å²) in [6, 6.07) is 0. The zero-order valence-electron chi connectivity index (χ0n) is 19.7. The Labute approximate surface area is 186 Å². The standard InChI is InChI=1S/C25H49ClO3/c1-4-6-7-8-9-10-11-12-13-14-15-16-17-20-23(29-24(26)19-5-2)21-18-22-25(27)28-3/h23-24H,4-22H2,1-3H3. The number of esters is 1. The Hall–Kier alpha value is -0.280. The van der Waals surface area contributed by atoms with Gasteiger partial charge in [-0.2, -0.15) is 0 Å². The van der Waals surface area contributed by atoms with Gasteiger partial charge >= 0.3 is 5.97 Å². The Morgan fingerprint density at radius 1 is 0.690 bits per heavy atom. The maximum Gasteiger partial charge on any atom is 0.305 e. The molecule has 0 radical (unpaired) electrons. The summed E-state index contributed by atoms with van der Waals surface area (Å²) < 4.78 is 10.8. The number of unbranched alkanes of at least 4 members (excludes halogenated alkanes) is 12. The first-order chi connectivity index (χ1) is 14.1. The maximum absolute atomic E-state index is 11.3. The number of halogens is 1. The first-order valence-corrected chi connectivity index (χ1v) is 12.9. The Balaban J connectivity index is 3.71. The predicted octanol–water partition coefficient (Wildman–Crippen LogP) is 8.56. The Bertz CT molecular complexity index is 349. The molecule has 0 N–H and O–H groups in total. The number of methoxy groups -OCH3 is 1. The molecule has 0 aliphatic carbocycles. The second-order valence-electron chi connectivity index (χ2n) is 8.46. The summed E-state index contributed by atoms with van der Waals surface area (Å²) in [6.07, 6.45) is 23.1. The van der Waals surface area contributed by atoms with Crippen LogP contribution in [-0.2, 0) is 14.3 Å². The molecule has 0 saturated heterocycles. The highest BCUT2D eigenvalue weighted by Gasteiger charge is 2.15. The van der Waals surface area contributed by atoms with E-state index in [1.165, 1.54) is 90.6 Å². The molecule has 2 atom stereocenters. The molecule has 0 rings (SSSR count). The van der Waals surface area contributed by atoms with Crippen LogP contribution in [0.25, 0.3) is 0 Å². The number of hydrogen-bond acceptors (Lipinski definition) is 3. The smallest absolute Gasteiger partial charge is 0.305 e. The van der Waals surface area contributed by atoms with E-state index in [9.17, 15) is 4.79 Å². The molecule has 0 bridgehead atoms. The monoisotopic (exact) mass is 432 g/mol. The molecule has 0 fully saturated rings. The van der Waals surface area contributed by atoms with Crippen LogP contribution in [0.5, 0.6) is 0 Å². The van der Waals surface area contributed by atoms with E-state index in [4.69, 9.17) is 21.1 Å². The van der Waals surface area contributed by atoms with Gasteiger partial charge in [-0.25, -0.2) is 0 Å². The average molecular weight is 433 g/mol. The van der Waals surface area contributed by atoms with Crippen molar-refractivity contribution in [2.75, 3.05) is 7.11 Å². The molecule has 0 amide bonds. The van der Waals surface area contributed by atoms with Gasteiger partial charge in [-0.1, -0.05) is 115 Å². The summed E-state index contributed by atoms with van der Waals surface area (Å²) in [6.45, 7) is 4.40. The van der Waals surface area contributed by atoms with Crippen LogP contribution in [0.4, 0.5) is 0 Å². The van der Waals surface area contributed by atoms with E-state index in [0.717, 1.165) is 32.1 Å². The summed E-state index contributed by atoms with van der Waals surface area (Å²) in [5, 5.41) is 0. The Kier molecular flexibility index (Phi) is 22.2. The molecule has 0 aromatic carbocycles. The van der Waals surface area contributed by atoms with Crippen molar-refractivity contribution in [2.45, 2.75) is 148 Å². The SMILES string of the molecule is CCCCCCCCCCCCCCCC(CCCC(=O)OC)OC(Cl)CCC. The normalized spacial score (nSPS) is 13.4. The molecular formula is C25H49ClO3. The molecule has 0 aromatic rings. The lowest BCUT2D eigenvalue weighted by Gasteiger charge is -2.21. The lowest BCUT2D eigenvalue weighted by atomic mass is 10.0. The molecule has 174 valence electrons. The van der Waals surface area contributed by atoms with Crippen LogP contribution in [0, 0.1) is 0 Å². The zero-order chi connectivity index (χ0) is 21.6. The summed E-state index contributed by atoms with van der Waals surface area (Å²) in [7, 11) is 1.44. The van der Waals surface area contributed by atoms with Crippen LogP contribution < -0.4 is 0 Å². The van der Waals surface area contributed by atoms with Crippen LogP contribution in [0.3, 0.4) is 0 Å². The van der Waals surface area contributed by atoms with E-state index in [-0.39, 0.29) is 17.6 Å². The maximum atomic E-state index is 11.3. The second kappa shape index (κ2) is 22.4. The zero-order valence-corrected chi connectivity index (χ0v) is 20.4. The third-order valence-electron chi connectivity index (χ3n) is 5.62. The van der Waals surface area contributed by atoms with Crippen molar-refractivity contribution in [3.8, 4) is 0 Å². The molecular weight excluding hydrogens is 384 g/mol. The van der Waals surface area contributed by atoms with Gasteiger partial charge in [0.2, 0.25) is 0 Å². The number of carbonyl (C=O) groups excluding carboxylic acids is 1. The van der Waals surface area contributed by atoms with E-state index in [0.29, 0.717) is 6.42 Å². The van der Waals surface area contributed by atoms with Gasteiger partial charge in [-0.05, 0) is 25.7 Å². The van der Waals surface area contributed by atoms with Crippen LogP contribution in [0.1, 0.15) is 136 Å². The van der Waals surface area contributed by atoms with Gasteiger partial charge in [0, 0.05) is 6.42 Å². The molecule has 3 nitrogen and oxygen atoms in total. The summed E-state index contributed by atoms with van der Waals surface area (Å²) in [5.41, 5.74) is -0.204. The highest BCUT2D eigenvalue weighted by atomic mass is 35.5. The molecule has 0 aliphatic rings. The van der Waals surface area contributed by atoms with Gasteiger partial charge in [0.25, 0.3) is 0 Å². The van der Waals surface area contributed by atoms with E-state index in [1.807, 2.05) is 0 Å². The average Bonchev–Trinajstić information content (AvgIpc) is 2.71. The van der Waals surface area contributed by atoms with Crippen molar-refractivity contribution in [3.63, 3.8) is 0 Å². The molecule has 2 unspecified atom stereocenters. The highest BCUT2D eigenvalue weighted by molar-refractivity contribution is 6.19. The first-order valence-electron chi connectivity index (χ1n) is 12.5. The molecule has 0 heterocycles. The molecule has 0 aliphatic heterocycles. The minimum atomic E-state index is -0.204. The van der Waals surface area contributed by atoms with Gasteiger partial charge in [-0.15, -0.1) is 0 Å². The fourth-order valence-electron chi connectivity index (χ4n) is 3.75. The minimum Gasteiger partial charge on any atom is -0.469 e. The van der Waals surface area contributed by atoms with Crippen molar-refractivity contribution in [1.82, 2.24) is 0 Å². The molecule has 0 aromatic heterocycles. The van der Waals surface area contributed by atoms with Crippen molar-refractivity contribution < 1.29 is 14.3 Å². The number of rotatable bonds is 22. The number of hydrogen-bond donors (Lipinski definition) is 0. The third kappa shape index (κ3) is 20.8. The lowest BCUT2D eigenvalue weighted by molar-refractivity contribution is -0.140. The predicted molar refractivity (Wildman–Crippen MR) is 126 cm³/mol. The lowest BCUT2D eigenvalue weighted by Crippen LogP contribution is -2.19. The number of alkyl halides is 1. The summed E-state index contributed by atoms with van der Waals surface area (Å²) >= 11 is 6.29. The van der Waals surface area contributed by atoms with Crippen LogP contribution in [0.15, 0.2) is 0 Å². The topological polar surface area (TPSA) is 35.5 Å². The van der Waals surface area contributed by atoms with E-state index >= 15 is 0 Å². The minimum absolute atomic E-state index is 0.138. The highest BCUT2D eigenvalue weighted by Crippen LogP contribution is 2.20. The molecule has 4 heteroatoms. The van der Waals surface area contributed by atoms with Crippen molar-refractivity contribution in [3.05, 3.63) is 0 Å². The summed E-state index contributed by atoms with van der Waals surface area (Å²) in [4.78, 5) is 11.3. The quantitative estimate of drug-likeness (QED) is 0.0975. The molecule has 0 spiro atoms. The van der Waals surface area contributed by atoms with Crippen molar-refractivity contribution >= 4 is 17.6 Å². The van der Waals surface area contributed by atoms with Gasteiger partial charge in [0.05, 0.1) is 13.2 Å². The van der Waals surface area contributed by atoms with Gasteiger partial charge in [-0.3, -0.25) is 4.79 Å². The number of ether oxygens (including phenoxy) is 2. The van der Waals surface area contributed by atoms with Crippen LogP contribution in [0.2, 0.25) is 0 Å². The summed E-state index contributed by atoms with van der Waals surface area (Å²) in [5.74, 6) is -0.138.